The van der Waals surface area contributed by atoms with Crippen LogP contribution in [0.3, 0.4) is 0 Å². The van der Waals surface area contributed by atoms with Crippen LogP contribution in [0.15, 0.2) is 29.1 Å². The summed E-state index contributed by atoms with van der Waals surface area (Å²) >= 11 is 0. The minimum atomic E-state index is -0.265. The summed E-state index contributed by atoms with van der Waals surface area (Å²) in [5, 5.41) is 2.56. The maximum Gasteiger partial charge on any atom is 0.329 e. The molecule has 2 aromatic rings. The van der Waals surface area contributed by atoms with Crippen molar-refractivity contribution in [1.29, 1.82) is 0 Å². The third kappa shape index (κ3) is 2.38. The summed E-state index contributed by atoms with van der Waals surface area (Å²) in [6, 6.07) is 7.42. The maximum atomic E-state index is 12.2. The molecule has 5 nitrogen and oxygen atoms in total. The number of hydrogen-bond donors (Lipinski definition) is 1. The predicted octanol–water partition coefficient (Wildman–Crippen LogP) is 0.572. The smallest absolute Gasteiger partial charge is 0.329 e. The van der Waals surface area contributed by atoms with Gasteiger partial charge in [-0.15, -0.1) is 6.42 Å². The molecular formula is C14H15N3O2. The lowest BCUT2D eigenvalue weighted by atomic mass is 10.3. The zero-order chi connectivity index (χ0) is 13.8. The largest absolute Gasteiger partial charge is 0.344 e. The third-order valence-electron chi connectivity index (χ3n) is 2.93. The van der Waals surface area contributed by atoms with E-state index in [0.29, 0.717) is 6.54 Å². The summed E-state index contributed by atoms with van der Waals surface area (Å²) in [5.74, 6) is 2.06. The molecule has 0 aliphatic rings. The molecule has 1 aromatic carbocycles. The minimum absolute atomic E-state index is 0.0198. The van der Waals surface area contributed by atoms with Crippen LogP contribution in [0.25, 0.3) is 11.0 Å². The first-order valence-electron chi connectivity index (χ1n) is 6.07. The first-order valence-corrected chi connectivity index (χ1v) is 6.07. The van der Waals surface area contributed by atoms with Crippen LogP contribution in [0, 0.1) is 12.3 Å². The minimum Gasteiger partial charge on any atom is -0.344 e. The summed E-state index contributed by atoms with van der Waals surface area (Å²) in [7, 11) is 0. The molecule has 0 aliphatic carbocycles. The van der Waals surface area contributed by atoms with E-state index in [9.17, 15) is 9.59 Å². The number of rotatable bonds is 4. The number of terminal acetylenes is 1. The lowest BCUT2D eigenvalue weighted by molar-refractivity contribution is -0.121. The summed E-state index contributed by atoms with van der Waals surface area (Å²) in [6.45, 7) is 2.61. The number of hydrogen-bond acceptors (Lipinski definition) is 2. The summed E-state index contributed by atoms with van der Waals surface area (Å²) in [4.78, 5) is 23.9. The van der Waals surface area contributed by atoms with Crippen molar-refractivity contribution in [2.75, 3.05) is 6.54 Å². The molecule has 0 unspecified atom stereocenters. The fourth-order valence-corrected chi connectivity index (χ4v) is 2.08. The first kappa shape index (κ1) is 13.0. The molecule has 0 fully saturated rings. The Morgan fingerprint density at radius 1 is 1.32 bits per heavy atom. The van der Waals surface area contributed by atoms with Crippen LogP contribution in [0.4, 0.5) is 0 Å². The Labute approximate surface area is 110 Å². The summed E-state index contributed by atoms with van der Waals surface area (Å²) in [5.41, 5.74) is 1.41. The third-order valence-corrected chi connectivity index (χ3v) is 2.93. The van der Waals surface area contributed by atoms with Crippen molar-refractivity contribution in [3.63, 3.8) is 0 Å². The molecule has 1 amide bonds. The van der Waals surface area contributed by atoms with Crippen molar-refractivity contribution in [2.24, 2.45) is 0 Å². The molecule has 0 saturated carbocycles. The van der Waals surface area contributed by atoms with E-state index in [4.69, 9.17) is 6.42 Å². The van der Waals surface area contributed by atoms with Gasteiger partial charge in [0.15, 0.2) is 0 Å². The molecule has 0 saturated heterocycles. The van der Waals surface area contributed by atoms with Crippen molar-refractivity contribution in [2.45, 2.75) is 20.0 Å². The van der Waals surface area contributed by atoms with Gasteiger partial charge in [-0.3, -0.25) is 13.9 Å². The van der Waals surface area contributed by atoms with Gasteiger partial charge in [0.25, 0.3) is 0 Å². The summed E-state index contributed by atoms with van der Waals surface area (Å²) < 4.78 is 3.11. The molecule has 0 aliphatic heterocycles. The van der Waals surface area contributed by atoms with Crippen LogP contribution < -0.4 is 11.0 Å². The average Bonchev–Trinajstić information content (AvgIpc) is 2.69. The van der Waals surface area contributed by atoms with Crippen LogP contribution in [0.1, 0.15) is 6.92 Å². The second-order valence-corrected chi connectivity index (χ2v) is 4.08. The molecule has 1 N–H and O–H groups in total. The van der Waals surface area contributed by atoms with Gasteiger partial charge in [0.2, 0.25) is 5.91 Å². The van der Waals surface area contributed by atoms with E-state index in [0.717, 1.165) is 11.0 Å². The average molecular weight is 257 g/mol. The van der Waals surface area contributed by atoms with Gasteiger partial charge in [-0.05, 0) is 19.1 Å². The second-order valence-electron chi connectivity index (χ2n) is 4.08. The van der Waals surface area contributed by atoms with Crippen molar-refractivity contribution in [1.82, 2.24) is 14.5 Å². The molecule has 0 bridgehead atoms. The van der Waals surface area contributed by atoms with Gasteiger partial charge in [0.05, 0.1) is 17.6 Å². The first-order chi connectivity index (χ1) is 9.19. The molecule has 1 aromatic heterocycles. The number of amides is 1. The Kier molecular flexibility index (Phi) is 3.71. The van der Waals surface area contributed by atoms with E-state index in [1.54, 1.807) is 4.57 Å². The van der Waals surface area contributed by atoms with Crippen molar-refractivity contribution in [3.8, 4) is 12.3 Å². The maximum absolute atomic E-state index is 12.2. The van der Waals surface area contributed by atoms with Gasteiger partial charge < -0.3 is 5.32 Å². The van der Waals surface area contributed by atoms with Crippen molar-refractivity contribution in [3.05, 3.63) is 34.7 Å². The molecule has 0 atom stereocenters. The van der Waals surface area contributed by atoms with Crippen LogP contribution in [0.2, 0.25) is 0 Å². The van der Waals surface area contributed by atoms with Crippen LogP contribution >= 0.6 is 0 Å². The Morgan fingerprint density at radius 2 is 1.95 bits per heavy atom. The van der Waals surface area contributed by atoms with E-state index in [2.05, 4.69) is 11.2 Å². The van der Waals surface area contributed by atoms with Crippen molar-refractivity contribution >= 4 is 16.9 Å². The second kappa shape index (κ2) is 5.44. The molecule has 0 radical (unpaired) electrons. The van der Waals surface area contributed by atoms with Crippen LogP contribution in [-0.2, 0) is 17.9 Å². The number of benzene rings is 1. The van der Waals surface area contributed by atoms with Gasteiger partial charge in [-0.25, -0.2) is 4.79 Å². The number of carbonyl (C=O) groups excluding carboxylic acids is 1. The number of carbonyl (C=O) groups is 1. The van der Waals surface area contributed by atoms with Crippen LogP contribution in [0.5, 0.6) is 0 Å². The number of imidazole rings is 1. The van der Waals surface area contributed by atoms with Crippen LogP contribution in [-0.4, -0.2) is 21.6 Å². The zero-order valence-electron chi connectivity index (χ0n) is 10.7. The molecular weight excluding hydrogens is 242 g/mol. The Bertz CT molecular complexity index is 704. The number of nitrogens with zero attached hydrogens (tertiary/aromatic N) is 2. The fourth-order valence-electron chi connectivity index (χ4n) is 2.08. The number of nitrogens with one attached hydrogen (secondary N) is 1. The molecule has 98 valence electrons. The number of aromatic nitrogens is 2. The van der Waals surface area contributed by atoms with E-state index in [-0.39, 0.29) is 24.7 Å². The Hall–Kier alpha value is -2.48. The normalized spacial score (nSPS) is 10.3. The monoisotopic (exact) mass is 257 g/mol. The molecule has 2 rings (SSSR count). The molecule has 5 heteroatoms. The lowest BCUT2D eigenvalue weighted by Crippen LogP contribution is -2.33. The van der Waals surface area contributed by atoms with E-state index in [1.807, 2.05) is 31.2 Å². The summed E-state index contributed by atoms with van der Waals surface area (Å²) in [6.07, 6.45) is 5.08. The van der Waals surface area contributed by atoms with Gasteiger partial charge in [-0.1, -0.05) is 18.1 Å². The van der Waals surface area contributed by atoms with E-state index >= 15 is 0 Å². The zero-order valence-corrected chi connectivity index (χ0v) is 10.7. The highest BCUT2D eigenvalue weighted by Crippen LogP contribution is 2.12. The lowest BCUT2D eigenvalue weighted by Gasteiger charge is -2.03. The number of fused-ring (bicyclic) bond motifs is 1. The SMILES string of the molecule is C#CCNC(=O)Cn1c(=O)n(CC)c2ccccc21. The highest BCUT2D eigenvalue weighted by atomic mass is 16.2. The Morgan fingerprint density at radius 3 is 2.53 bits per heavy atom. The number of aryl methyl sites for hydroxylation is 1. The van der Waals surface area contributed by atoms with Gasteiger partial charge in [-0.2, -0.15) is 0 Å². The number of para-hydroxylation sites is 2. The van der Waals surface area contributed by atoms with Gasteiger partial charge in [0.1, 0.15) is 6.54 Å². The molecule has 19 heavy (non-hydrogen) atoms. The quantitative estimate of drug-likeness (QED) is 0.814. The highest BCUT2D eigenvalue weighted by Gasteiger charge is 2.13. The van der Waals surface area contributed by atoms with E-state index in [1.165, 1.54) is 4.57 Å². The predicted molar refractivity (Wildman–Crippen MR) is 73.7 cm³/mol. The Balaban J connectivity index is 2.44. The standard InChI is InChI=1S/C14H15N3O2/c1-3-9-15-13(18)10-17-12-8-6-5-7-11(12)16(4-2)14(17)19/h1,5-8H,4,9-10H2,2H3,(H,15,18). The van der Waals surface area contributed by atoms with E-state index < -0.39 is 0 Å². The van der Waals surface area contributed by atoms with Gasteiger partial charge >= 0.3 is 5.69 Å². The highest BCUT2D eigenvalue weighted by molar-refractivity contribution is 5.81. The van der Waals surface area contributed by atoms with Crippen molar-refractivity contribution < 1.29 is 4.79 Å². The van der Waals surface area contributed by atoms with Gasteiger partial charge in [0, 0.05) is 6.54 Å². The fraction of sp³-hybridized carbons (Fsp3) is 0.286. The topological polar surface area (TPSA) is 56.0 Å². The molecule has 0 spiro atoms. The molecule has 1 heterocycles.